The molecule has 3 aromatic carbocycles. The van der Waals surface area contributed by atoms with Crippen LogP contribution in [-0.2, 0) is 11.2 Å². The predicted molar refractivity (Wildman–Crippen MR) is 161 cm³/mol. The molecule has 4 rings (SSSR count). The molecule has 1 aromatic heterocycles. The number of rotatable bonds is 10. The van der Waals surface area contributed by atoms with E-state index in [0.29, 0.717) is 39.2 Å². The van der Waals surface area contributed by atoms with E-state index in [1.165, 1.54) is 0 Å². The molecule has 0 saturated carbocycles. The lowest BCUT2D eigenvalue weighted by Gasteiger charge is -2.30. The molecule has 0 aliphatic rings. The zero-order valence-electron chi connectivity index (χ0n) is 24.0. The van der Waals surface area contributed by atoms with Gasteiger partial charge in [-0.25, -0.2) is 0 Å². The number of halogens is 1. The lowest BCUT2D eigenvalue weighted by Crippen LogP contribution is -2.26. The maximum absolute atomic E-state index is 13.6. The summed E-state index contributed by atoms with van der Waals surface area (Å²) in [5.41, 5.74) is 3.71. The molecule has 0 aliphatic carbocycles. The summed E-state index contributed by atoms with van der Waals surface area (Å²) in [6.07, 6.45) is 2.22. The maximum Gasteiger partial charge on any atom is 0.315 e. The first-order valence-corrected chi connectivity index (χ1v) is 14.0. The zero-order valence-corrected chi connectivity index (χ0v) is 24.8. The van der Waals surface area contributed by atoms with Crippen molar-refractivity contribution in [1.29, 1.82) is 0 Å². The first-order valence-electron chi connectivity index (χ1n) is 13.6. The quantitative estimate of drug-likeness (QED) is 0.148. The molecule has 1 heterocycles. The van der Waals surface area contributed by atoms with Crippen molar-refractivity contribution in [3.8, 4) is 11.5 Å². The molecule has 6 nitrogen and oxygen atoms in total. The van der Waals surface area contributed by atoms with Crippen LogP contribution in [0.3, 0.4) is 0 Å². The summed E-state index contributed by atoms with van der Waals surface area (Å²) in [4.78, 5) is 29.1. The molecule has 0 fully saturated rings. The van der Waals surface area contributed by atoms with Crippen LogP contribution in [0.5, 0.6) is 11.5 Å². The van der Waals surface area contributed by atoms with Gasteiger partial charge in [-0.15, -0.1) is 0 Å². The van der Waals surface area contributed by atoms with E-state index in [-0.39, 0.29) is 18.4 Å². The second kappa shape index (κ2) is 12.7. The summed E-state index contributed by atoms with van der Waals surface area (Å²) in [6, 6.07) is 20.3. The number of ether oxygens (including phenoxy) is 2. The molecular weight excluding hydrogens is 524 g/mol. The van der Waals surface area contributed by atoms with Gasteiger partial charge in [-0.2, -0.15) is 0 Å². The van der Waals surface area contributed by atoms with Crippen LogP contribution in [0.4, 0.5) is 0 Å². The second-order valence-corrected chi connectivity index (χ2v) is 10.9. The van der Waals surface area contributed by atoms with Crippen molar-refractivity contribution in [3.05, 3.63) is 94.1 Å². The van der Waals surface area contributed by atoms with Crippen LogP contribution < -0.4 is 9.47 Å². The molecule has 0 N–H and O–H groups in total. The Balaban J connectivity index is 1.66. The number of methoxy groups -OCH3 is 1. The minimum atomic E-state index is -0.399. The third-order valence-electron chi connectivity index (χ3n) is 7.43. The van der Waals surface area contributed by atoms with Crippen LogP contribution >= 0.6 is 11.6 Å². The van der Waals surface area contributed by atoms with Gasteiger partial charge in [-0.05, 0) is 99.1 Å². The van der Waals surface area contributed by atoms with Gasteiger partial charge in [0.2, 0.25) is 0 Å². The van der Waals surface area contributed by atoms with E-state index in [0.717, 1.165) is 29.4 Å². The monoisotopic (exact) mass is 560 g/mol. The zero-order chi connectivity index (χ0) is 29.0. The molecule has 0 spiro atoms. The van der Waals surface area contributed by atoms with Crippen molar-refractivity contribution in [2.45, 2.75) is 46.1 Å². The maximum atomic E-state index is 13.6. The third-order valence-corrected chi connectivity index (χ3v) is 7.68. The van der Waals surface area contributed by atoms with Crippen molar-refractivity contribution in [1.82, 2.24) is 9.47 Å². The van der Waals surface area contributed by atoms with E-state index in [4.69, 9.17) is 21.1 Å². The van der Waals surface area contributed by atoms with Gasteiger partial charge in [-0.1, -0.05) is 44.0 Å². The Morgan fingerprint density at radius 1 is 1.00 bits per heavy atom. The first kappa shape index (κ1) is 29.4. The van der Waals surface area contributed by atoms with E-state index in [2.05, 4.69) is 38.9 Å². The number of hydrogen-bond donors (Lipinski definition) is 0. The summed E-state index contributed by atoms with van der Waals surface area (Å²) in [6.45, 7) is 6.30. The summed E-state index contributed by atoms with van der Waals surface area (Å²) in [5.74, 6) is 1.00. The third kappa shape index (κ3) is 6.24. The standard InChI is InChI=1S/C33H37ClN2O4/c1-7-9-21(2)32(35(4)5)24-10-8-11-27(18-24)40-31(37)20-28-22(3)36(30-17-16-26(39-6)19-29(28)30)33(38)23-12-14-25(34)15-13-23/h8,10-19,21,32H,7,9,20H2,1-6H3. The summed E-state index contributed by atoms with van der Waals surface area (Å²) in [5, 5.41) is 1.32. The molecule has 0 bridgehead atoms. The molecule has 210 valence electrons. The molecule has 40 heavy (non-hydrogen) atoms. The van der Waals surface area contributed by atoms with Crippen LogP contribution in [-0.4, -0.2) is 42.5 Å². The van der Waals surface area contributed by atoms with Gasteiger partial charge in [0.05, 0.1) is 19.0 Å². The Morgan fingerprint density at radius 3 is 2.38 bits per heavy atom. The van der Waals surface area contributed by atoms with Crippen molar-refractivity contribution in [3.63, 3.8) is 0 Å². The number of fused-ring (bicyclic) bond motifs is 1. The minimum absolute atomic E-state index is 0.00394. The average Bonchev–Trinajstić information content (AvgIpc) is 3.19. The van der Waals surface area contributed by atoms with Gasteiger partial charge >= 0.3 is 5.97 Å². The topological polar surface area (TPSA) is 60.8 Å². The summed E-state index contributed by atoms with van der Waals surface area (Å²) in [7, 11) is 5.74. The van der Waals surface area contributed by atoms with Crippen molar-refractivity contribution < 1.29 is 19.1 Å². The number of nitrogens with zero attached hydrogens (tertiary/aromatic N) is 2. The van der Waals surface area contributed by atoms with E-state index in [1.54, 1.807) is 35.9 Å². The number of carbonyl (C=O) groups is 2. The van der Waals surface area contributed by atoms with Gasteiger partial charge < -0.3 is 14.4 Å². The second-order valence-electron chi connectivity index (χ2n) is 10.5. The molecule has 7 heteroatoms. The van der Waals surface area contributed by atoms with Crippen LogP contribution in [0.15, 0.2) is 66.7 Å². The molecule has 0 aliphatic heterocycles. The lowest BCUT2D eigenvalue weighted by molar-refractivity contribution is -0.133. The fourth-order valence-corrected chi connectivity index (χ4v) is 5.74. The predicted octanol–water partition coefficient (Wildman–Crippen LogP) is 7.49. The van der Waals surface area contributed by atoms with E-state index >= 15 is 0 Å². The van der Waals surface area contributed by atoms with Crippen molar-refractivity contribution in [2.24, 2.45) is 5.92 Å². The minimum Gasteiger partial charge on any atom is -0.497 e. The number of carbonyl (C=O) groups excluding carboxylic acids is 2. The highest BCUT2D eigenvalue weighted by atomic mass is 35.5. The van der Waals surface area contributed by atoms with Gasteiger partial charge in [0.15, 0.2) is 0 Å². The number of aromatic nitrogens is 1. The average molecular weight is 561 g/mol. The largest absolute Gasteiger partial charge is 0.497 e. The van der Waals surface area contributed by atoms with Gasteiger partial charge in [0.1, 0.15) is 11.5 Å². The molecule has 0 amide bonds. The Hall–Kier alpha value is -3.61. The van der Waals surface area contributed by atoms with Gasteiger partial charge in [-0.3, -0.25) is 14.2 Å². The van der Waals surface area contributed by atoms with Crippen LogP contribution in [0.2, 0.25) is 5.02 Å². The molecular formula is C33H37ClN2O4. The normalized spacial score (nSPS) is 12.9. The Bertz CT molecular complexity index is 1510. The van der Waals surface area contributed by atoms with E-state index < -0.39 is 5.97 Å². The molecule has 2 atom stereocenters. The first-order chi connectivity index (χ1) is 19.1. The Kier molecular flexibility index (Phi) is 9.33. The summed E-state index contributed by atoms with van der Waals surface area (Å²) >= 11 is 6.04. The van der Waals surface area contributed by atoms with E-state index in [1.807, 2.05) is 43.3 Å². The SMILES string of the molecule is CCCC(C)C(c1cccc(OC(=O)Cc2c(C)n(C(=O)c3ccc(Cl)cc3)c3ccc(OC)cc23)c1)N(C)C. The summed E-state index contributed by atoms with van der Waals surface area (Å²) < 4.78 is 12.9. The van der Waals surface area contributed by atoms with Gasteiger partial charge in [0.25, 0.3) is 5.91 Å². The highest BCUT2D eigenvalue weighted by molar-refractivity contribution is 6.30. The highest BCUT2D eigenvalue weighted by Gasteiger charge is 2.24. The molecule has 2 unspecified atom stereocenters. The Labute approximate surface area is 241 Å². The number of hydrogen-bond acceptors (Lipinski definition) is 5. The van der Waals surface area contributed by atoms with Crippen LogP contribution in [0.25, 0.3) is 10.9 Å². The van der Waals surface area contributed by atoms with Crippen LogP contribution in [0.1, 0.15) is 59.9 Å². The van der Waals surface area contributed by atoms with Crippen molar-refractivity contribution >= 4 is 34.4 Å². The molecule has 0 radical (unpaired) electrons. The van der Waals surface area contributed by atoms with Crippen molar-refractivity contribution in [2.75, 3.05) is 21.2 Å². The fraction of sp³-hybridized carbons (Fsp3) is 0.333. The van der Waals surface area contributed by atoms with Gasteiger partial charge in [0, 0.05) is 27.7 Å². The molecule has 4 aromatic rings. The highest BCUT2D eigenvalue weighted by Crippen LogP contribution is 2.33. The van der Waals surface area contributed by atoms with Crippen LogP contribution in [0, 0.1) is 12.8 Å². The number of benzene rings is 3. The lowest BCUT2D eigenvalue weighted by atomic mass is 9.90. The van der Waals surface area contributed by atoms with E-state index in [9.17, 15) is 9.59 Å². The Morgan fingerprint density at radius 2 is 1.73 bits per heavy atom. The fourth-order valence-electron chi connectivity index (χ4n) is 5.62. The smallest absolute Gasteiger partial charge is 0.315 e. The number of esters is 1. The molecule has 0 saturated heterocycles.